The monoisotopic (exact) mass is 248 g/mol. The lowest BCUT2D eigenvalue weighted by atomic mass is 9.78. The molecule has 1 aliphatic carbocycles. The molecular formula is C14H20N2O2. The number of amides is 1. The predicted octanol–water partition coefficient (Wildman–Crippen LogP) is 1.79. The minimum Gasteiger partial charge on any atom is -0.469 e. The Morgan fingerprint density at radius 3 is 2.94 bits per heavy atom. The van der Waals surface area contributed by atoms with E-state index in [1.807, 2.05) is 11.8 Å². The second-order valence-electron chi connectivity index (χ2n) is 5.62. The van der Waals surface area contributed by atoms with Crippen LogP contribution in [0, 0.1) is 18.8 Å². The van der Waals surface area contributed by atoms with Gasteiger partial charge < -0.3 is 15.1 Å². The van der Waals surface area contributed by atoms with Crippen molar-refractivity contribution in [1.29, 1.82) is 0 Å². The number of likely N-dealkylation sites (tertiary alicyclic amines) is 1. The Morgan fingerprint density at radius 2 is 2.28 bits per heavy atom. The summed E-state index contributed by atoms with van der Waals surface area (Å²) in [5, 5.41) is 0. The van der Waals surface area contributed by atoms with Crippen molar-refractivity contribution in [2.24, 2.45) is 17.6 Å². The average Bonchev–Trinajstić information content (AvgIpc) is 2.95. The van der Waals surface area contributed by atoms with E-state index in [4.69, 9.17) is 10.2 Å². The Kier molecular flexibility index (Phi) is 2.90. The van der Waals surface area contributed by atoms with Crippen molar-refractivity contribution in [3.8, 4) is 0 Å². The maximum absolute atomic E-state index is 12.4. The highest BCUT2D eigenvalue weighted by Crippen LogP contribution is 2.36. The van der Waals surface area contributed by atoms with Gasteiger partial charge >= 0.3 is 0 Å². The first-order valence-corrected chi connectivity index (χ1v) is 6.76. The third-order valence-corrected chi connectivity index (χ3v) is 4.53. The molecule has 1 saturated carbocycles. The van der Waals surface area contributed by atoms with Crippen LogP contribution in [0.4, 0.5) is 0 Å². The highest BCUT2D eigenvalue weighted by Gasteiger charge is 2.40. The zero-order valence-electron chi connectivity index (χ0n) is 10.8. The molecule has 3 rings (SSSR count). The largest absolute Gasteiger partial charge is 0.469 e. The van der Waals surface area contributed by atoms with Gasteiger partial charge in [-0.2, -0.15) is 0 Å². The highest BCUT2D eigenvalue weighted by atomic mass is 16.3. The van der Waals surface area contributed by atoms with Crippen LogP contribution >= 0.6 is 0 Å². The quantitative estimate of drug-likeness (QED) is 0.824. The molecular weight excluding hydrogens is 228 g/mol. The Hall–Kier alpha value is -1.29. The molecule has 0 aromatic carbocycles. The molecule has 98 valence electrons. The van der Waals surface area contributed by atoms with Gasteiger partial charge in [0.25, 0.3) is 5.91 Å². The number of fused-ring (bicyclic) bond motifs is 1. The van der Waals surface area contributed by atoms with Crippen molar-refractivity contribution >= 4 is 5.91 Å². The lowest BCUT2D eigenvalue weighted by molar-refractivity contribution is 0.0781. The highest BCUT2D eigenvalue weighted by molar-refractivity contribution is 5.95. The molecule has 1 saturated heterocycles. The number of hydrogen-bond acceptors (Lipinski definition) is 3. The number of nitrogens with two attached hydrogens (primary N) is 1. The Bertz CT molecular complexity index is 454. The molecule has 4 nitrogen and oxygen atoms in total. The molecule has 0 spiro atoms. The van der Waals surface area contributed by atoms with Crippen molar-refractivity contribution in [3.05, 3.63) is 23.7 Å². The second-order valence-corrected chi connectivity index (χ2v) is 5.62. The molecule has 3 unspecified atom stereocenters. The third kappa shape index (κ3) is 1.85. The predicted molar refractivity (Wildman–Crippen MR) is 68.2 cm³/mol. The molecule has 2 heterocycles. The molecule has 2 aliphatic rings. The summed E-state index contributed by atoms with van der Waals surface area (Å²) in [4.78, 5) is 14.4. The smallest absolute Gasteiger partial charge is 0.257 e. The molecule has 1 amide bonds. The van der Waals surface area contributed by atoms with Crippen LogP contribution in [0.25, 0.3) is 0 Å². The fourth-order valence-corrected chi connectivity index (χ4v) is 3.46. The van der Waals surface area contributed by atoms with Crippen molar-refractivity contribution in [3.63, 3.8) is 0 Å². The van der Waals surface area contributed by atoms with Crippen LogP contribution in [0.5, 0.6) is 0 Å². The zero-order valence-corrected chi connectivity index (χ0v) is 10.8. The summed E-state index contributed by atoms with van der Waals surface area (Å²) in [6, 6.07) is 2.03. The number of hydrogen-bond donors (Lipinski definition) is 1. The number of rotatable bonds is 1. The van der Waals surface area contributed by atoms with Crippen LogP contribution in [-0.2, 0) is 0 Å². The fourth-order valence-electron chi connectivity index (χ4n) is 3.46. The first kappa shape index (κ1) is 11.8. The summed E-state index contributed by atoms with van der Waals surface area (Å²) < 4.78 is 5.21. The van der Waals surface area contributed by atoms with E-state index in [1.54, 1.807) is 12.3 Å². The average molecular weight is 248 g/mol. The van der Waals surface area contributed by atoms with Crippen LogP contribution in [0.15, 0.2) is 16.7 Å². The van der Waals surface area contributed by atoms with E-state index in [0.29, 0.717) is 23.2 Å². The van der Waals surface area contributed by atoms with Gasteiger partial charge in [-0.15, -0.1) is 0 Å². The van der Waals surface area contributed by atoms with Crippen LogP contribution in [0.3, 0.4) is 0 Å². The van der Waals surface area contributed by atoms with Crippen molar-refractivity contribution in [1.82, 2.24) is 4.90 Å². The minimum absolute atomic E-state index is 0.0999. The maximum Gasteiger partial charge on any atom is 0.257 e. The zero-order chi connectivity index (χ0) is 12.7. The van der Waals surface area contributed by atoms with Crippen LogP contribution < -0.4 is 5.73 Å². The number of carbonyl (C=O) groups is 1. The Labute approximate surface area is 107 Å². The number of nitrogens with zero attached hydrogens (tertiary/aromatic N) is 1. The number of furan rings is 1. The van der Waals surface area contributed by atoms with E-state index in [2.05, 4.69) is 0 Å². The van der Waals surface area contributed by atoms with Gasteiger partial charge in [-0.05, 0) is 37.7 Å². The van der Waals surface area contributed by atoms with E-state index in [1.165, 1.54) is 12.8 Å². The minimum atomic E-state index is 0.0999. The van der Waals surface area contributed by atoms with Gasteiger partial charge in [0, 0.05) is 19.1 Å². The van der Waals surface area contributed by atoms with E-state index < -0.39 is 0 Å². The molecule has 1 aliphatic heterocycles. The van der Waals surface area contributed by atoms with Gasteiger partial charge in [0.05, 0.1) is 11.8 Å². The SMILES string of the molecule is Cc1occc1C(=O)N1CC2CCCC(N)C2C1. The standard InChI is InChI=1S/C14H20N2O2/c1-9-11(5-6-18-9)14(17)16-7-10-3-2-4-13(15)12(10)8-16/h5-6,10,12-13H,2-4,7-8,15H2,1H3. The third-order valence-electron chi connectivity index (χ3n) is 4.53. The van der Waals surface area contributed by atoms with Gasteiger partial charge in [0.15, 0.2) is 0 Å². The lowest BCUT2D eigenvalue weighted by Crippen LogP contribution is -2.38. The van der Waals surface area contributed by atoms with Gasteiger partial charge in [0.2, 0.25) is 0 Å². The molecule has 0 radical (unpaired) electrons. The van der Waals surface area contributed by atoms with Gasteiger partial charge in [-0.25, -0.2) is 0 Å². The molecule has 2 fully saturated rings. The summed E-state index contributed by atoms with van der Waals surface area (Å²) in [5.74, 6) is 1.90. The van der Waals surface area contributed by atoms with Gasteiger partial charge in [0.1, 0.15) is 5.76 Å². The molecule has 1 aromatic rings. The topological polar surface area (TPSA) is 59.5 Å². The molecule has 18 heavy (non-hydrogen) atoms. The van der Waals surface area contributed by atoms with Gasteiger partial charge in [-0.1, -0.05) is 6.42 Å². The Balaban J connectivity index is 1.75. The lowest BCUT2D eigenvalue weighted by Gasteiger charge is -2.29. The first-order chi connectivity index (χ1) is 8.66. The Morgan fingerprint density at radius 1 is 1.44 bits per heavy atom. The number of aryl methyl sites for hydroxylation is 1. The van der Waals surface area contributed by atoms with Gasteiger partial charge in [-0.3, -0.25) is 4.79 Å². The summed E-state index contributed by atoms with van der Waals surface area (Å²) in [7, 11) is 0. The molecule has 1 aromatic heterocycles. The summed E-state index contributed by atoms with van der Waals surface area (Å²) in [6.45, 7) is 3.51. The number of carbonyl (C=O) groups excluding carboxylic acids is 1. The van der Waals surface area contributed by atoms with Crippen LogP contribution in [-0.4, -0.2) is 29.9 Å². The molecule has 0 bridgehead atoms. The summed E-state index contributed by atoms with van der Waals surface area (Å²) in [6.07, 6.45) is 5.10. The van der Waals surface area contributed by atoms with Crippen LogP contribution in [0.1, 0.15) is 35.4 Å². The van der Waals surface area contributed by atoms with E-state index in [0.717, 1.165) is 19.5 Å². The fraction of sp³-hybridized carbons (Fsp3) is 0.643. The maximum atomic E-state index is 12.4. The van der Waals surface area contributed by atoms with E-state index >= 15 is 0 Å². The molecule has 4 heteroatoms. The molecule has 3 atom stereocenters. The first-order valence-electron chi connectivity index (χ1n) is 6.76. The van der Waals surface area contributed by atoms with Crippen molar-refractivity contribution < 1.29 is 9.21 Å². The normalized spacial score (nSPS) is 31.4. The van der Waals surface area contributed by atoms with Crippen LogP contribution in [0.2, 0.25) is 0 Å². The molecule has 2 N–H and O–H groups in total. The summed E-state index contributed by atoms with van der Waals surface area (Å²) >= 11 is 0. The summed E-state index contributed by atoms with van der Waals surface area (Å²) in [5.41, 5.74) is 6.87. The van der Waals surface area contributed by atoms with Crippen molar-refractivity contribution in [2.75, 3.05) is 13.1 Å². The second kappa shape index (κ2) is 4.43. The van der Waals surface area contributed by atoms with Crippen molar-refractivity contribution in [2.45, 2.75) is 32.2 Å². The van der Waals surface area contributed by atoms with E-state index in [9.17, 15) is 4.79 Å². The van der Waals surface area contributed by atoms with E-state index in [-0.39, 0.29) is 11.9 Å².